The number of ether oxygens (including phenoxy) is 1. The van der Waals surface area contributed by atoms with Gasteiger partial charge in [0.2, 0.25) is 11.7 Å². The topological polar surface area (TPSA) is 78.9 Å². The van der Waals surface area contributed by atoms with Crippen LogP contribution >= 0.6 is 11.8 Å². The Kier molecular flexibility index (Phi) is 5.91. The quantitative estimate of drug-likeness (QED) is 0.296. The lowest BCUT2D eigenvalue weighted by atomic mass is 10.1. The Morgan fingerprint density at radius 2 is 1.67 bits per heavy atom. The highest BCUT2D eigenvalue weighted by Gasteiger charge is 2.18. The summed E-state index contributed by atoms with van der Waals surface area (Å²) in [6.07, 6.45) is 0. The number of nitrogens with zero attached hydrogens (tertiary/aromatic N) is 5. The first-order valence-corrected chi connectivity index (χ1v) is 11.4. The van der Waals surface area contributed by atoms with Crippen LogP contribution in [0.25, 0.3) is 28.5 Å². The van der Waals surface area contributed by atoms with Crippen LogP contribution in [0.5, 0.6) is 5.75 Å². The maximum absolute atomic E-state index is 5.51. The predicted octanol–water partition coefficient (Wildman–Crippen LogP) is 5.59. The van der Waals surface area contributed by atoms with E-state index in [4.69, 9.17) is 9.26 Å². The number of hydrogen-bond donors (Lipinski definition) is 0. The van der Waals surface area contributed by atoms with Crippen LogP contribution in [0.15, 0.2) is 88.5 Å². The highest BCUT2D eigenvalue weighted by Crippen LogP contribution is 2.30. The third-order valence-corrected chi connectivity index (χ3v) is 6.09. The average molecular weight is 456 g/mol. The molecule has 0 radical (unpaired) electrons. The lowest BCUT2D eigenvalue weighted by molar-refractivity contribution is 0.391. The molecular formula is C25H21N5O2S. The molecule has 5 aromatic rings. The van der Waals surface area contributed by atoms with E-state index in [0.717, 1.165) is 39.1 Å². The van der Waals surface area contributed by atoms with Gasteiger partial charge in [0.1, 0.15) is 5.75 Å². The van der Waals surface area contributed by atoms with Crippen molar-refractivity contribution in [3.63, 3.8) is 0 Å². The zero-order valence-corrected chi connectivity index (χ0v) is 19.0. The maximum atomic E-state index is 5.51. The van der Waals surface area contributed by atoms with Crippen molar-refractivity contribution in [3.05, 3.63) is 90.3 Å². The van der Waals surface area contributed by atoms with Gasteiger partial charge in [-0.25, -0.2) is 0 Å². The van der Waals surface area contributed by atoms with Crippen molar-refractivity contribution in [2.24, 2.45) is 0 Å². The molecule has 164 valence electrons. The summed E-state index contributed by atoms with van der Waals surface area (Å²) in [5, 5.41) is 13.8. The van der Waals surface area contributed by atoms with E-state index in [2.05, 4.69) is 20.3 Å². The molecule has 7 nitrogen and oxygen atoms in total. The van der Waals surface area contributed by atoms with Gasteiger partial charge in [-0.2, -0.15) is 4.98 Å². The SMILES string of the molecule is COc1ccc(-n2c(SCc3nc(-c4ccccc4C)no3)nnc2-c2ccccc2)cc1. The standard InChI is InChI=1S/C25H21N5O2S/c1-17-8-6-7-11-21(17)23-26-22(32-29-23)16-33-25-28-27-24(18-9-4-3-5-10-18)30(25)19-12-14-20(31-2)15-13-19/h3-15H,16H2,1-2H3. The number of hydrogen-bond acceptors (Lipinski definition) is 7. The van der Waals surface area contributed by atoms with Gasteiger partial charge in [0.25, 0.3) is 0 Å². The molecule has 0 aliphatic heterocycles. The molecule has 3 aromatic carbocycles. The normalized spacial score (nSPS) is 11.0. The van der Waals surface area contributed by atoms with E-state index in [1.54, 1.807) is 7.11 Å². The van der Waals surface area contributed by atoms with Crippen LogP contribution in [0, 0.1) is 6.92 Å². The Morgan fingerprint density at radius 1 is 0.909 bits per heavy atom. The minimum absolute atomic E-state index is 0.474. The molecule has 0 N–H and O–H groups in total. The van der Waals surface area contributed by atoms with Crippen LogP contribution in [-0.4, -0.2) is 32.0 Å². The van der Waals surface area contributed by atoms with Crippen molar-refractivity contribution in [2.75, 3.05) is 7.11 Å². The molecule has 0 bridgehead atoms. The van der Waals surface area contributed by atoms with Gasteiger partial charge in [-0.05, 0) is 36.8 Å². The molecule has 0 saturated carbocycles. The molecule has 33 heavy (non-hydrogen) atoms. The Bertz CT molecular complexity index is 1360. The van der Waals surface area contributed by atoms with Crippen molar-refractivity contribution in [1.29, 1.82) is 0 Å². The molecule has 0 spiro atoms. The molecular weight excluding hydrogens is 434 g/mol. The first kappa shape index (κ1) is 21.0. The molecule has 2 heterocycles. The molecule has 8 heteroatoms. The van der Waals surface area contributed by atoms with Crippen LogP contribution < -0.4 is 4.74 Å². The van der Waals surface area contributed by atoms with Crippen LogP contribution in [0.4, 0.5) is 0 Å². The van der Waals surface area contributed by atoms with Gasteiger partial charge >= 0.3 is 0 Å². The highest BCUT2D eigenvalue weighted by molar-refractivity contribution is 7.98. The first-order valence-electron chi connectivity index (χ1n) is 10.4. The van der Waals surface area contributed by atoms with E-state index in [1.165, 1.54) is 11.8 Å². The molecule has 0 amide bonds. The Hall–Kier alpha value is -3.91. The van der Waals surface area contributed by atoms with Gasteiger partial charge in [0.05, 0.1) is 12.9 Å². The average Bonchev–Trinajstić information content (AvgIpc) is 3.51. The molecule has 5 rings (SSSR count). The zero-order chi connectivity index (χ0) is 22.6. The number of rotatable bonds is 7. The van der Waals surface area contributed by atoms with Crippen LogP contribution in [0.2, 0.25) is 0 Å². The van der Waals surface area contributed by atoms with E-state index in [1.807, 2.05) is 90.4 Å². The summed E-state index contributed by atoms with van der Waals surface area (Å²) in [5.41, 5.74) is 3.98. The second-order valence-electron chi connectivity index (χ2n) is 7.32. The van der Waals surface area contributed by atoms with Crippen LogP contribution in [-0.2, 0) is 5.75 Å². The summed E-state index contributed by atoms with van der Waals surface area (Å²) < 4.78 is 12.8. The summed E-state index contributed by atoms with van der Waals surface area (Å²) in [7, 11) is 1.65. The number of aromatic nitrogens is 5. The van der Waals surface area contributed by atoms with Crippen LogP contribution in [0.1, 0.15) is 11.5 Å². The van der Waals surface area contributed by atoms with Gasteiger partial charge < -0.3 is 9.26 Å². The van der Waals surface area contributed by atoms with Gasteiger partial charge in [0.15, 0.2) is 11.0 Å². The maximum Gasteiger partial charge on any atom is 0.237 e. The van der Waals surface area contributed by atoms with E-state index in [9.17, 15) is 0 Å². The number of thioether (sulfide) groups is 1. The summed E-state index contributed by atoms with van der Waals surface area (Å²) in [4.78, 5) is 4.57. The highest BCUT2D eigenvalue weighted by atomic mass is 32.2. The smallest absolute Gasteiger partial charge is 0.237 e. The monoisotopic (exact) mass is 455 g/mol. The Labute approximate surface area is 195 Å². The van der Waals surface area contributed by atoms with E-state index in [0.29, 0.717) is 17.5 Å². The van der Waals surface area contributed by atoms with E-state index >= 15 is 0 Å². The van der Waals surface area contributed by atoms with Crippen molar-refractivity contribution in [3.8, 4) is 34.2 Å². The van der Waals surface area contributed by atoms with Gasteiger partial charge in [0, 0.05) is 16.8 Å². The van der Waals surface area contributed by atoms with E-state index in [-0.39, 0.29) is 0 Å². The lowest BCUT2D eigenvalue weighted by Gasteiger charge is -2.10. The largest absolute Gasteiger partial charge is 0.497 e. The van der Waals surface area contributed by atoms with Crippen molar-refractivity contribution in [2.45, 2.75) is 17.8 Å². The third kappa shape index (κ3) is 4.38. The van der Waals surface area contributed by atoms with Gasteiger partial charge in [-0.1, -0.05) is 71.5 Å². The number of aryl methyl sites for hydroxylation is 1. The van der Waals surface area contributed by atoms with Gasteiger partial charge in [-0.15, -0.1) is 10.2 Å². The fourth-order valence-corrected chi connectivity index (χ4v) is 4.26. The second-order valence-corrected chi connectivity index (χ2v) is 8.26. The Balaban J connectivity index is 1.45. The second kappa shape index (κ2) is 9.30. The van der Waals surface area contributed by atoms with Crippen molar-refractivity contribution in [1.82, 2.24) is 24.9 Å². The fraction of sp³-hybridized carbons (Fsp3) is 0.120. The third-order valence-electron chi connectivity index (χ3n) is 5.17. The molecule has 0 fully saturated rings. The fourth-order valence-electron chi connectivity index (χ4n) is 3.47. The summed E-state index contributed by atoms with van der Waals surface area (Å²) in [5.74, 6) is 3.14. The van der Waals surface area contributed by atoms with Gasteiger partial charge in [-0.3, -0.25) is 4.57 Å². The molecule has 0 aliphatic carbocycles. The molecule has 0 unspecified atom stereocenters. The molecule has 2 aromatic heterocycles. The summed E-state index contributed by atoms with van der Waals surface area (Å²) >= 11 is 1.50. The minimum Gasteiger partial charge on any atom is -0.497 e. The summed E-state index contributed by atoms with van der Waals surface area (Å²) in [6, 6.07) is 25.8. The van der Waals surface area contributed by atoms with Crippen molar-refractivity contribution < 1.29 is 9.26 Å². The number of benzene rings is 3. The van der Waals surface area contributed by atoms with Crippen LogP contribution in [0.3, 0.4) is 0 Å². The first-order chi connectivity index (χ1) is 16.2. The Morgan fingerprint density at radius 3 is 2.42 bits per heavy atom. The molecule has 0 saturated heterocycles. The number of methoxy groups -OCH3 is 1. The summed E-state index contributed by atoms with van der Waals surface area (Å²) in [6.45, 7) is 2.03. The minimum atomic E-state index is 0.474. The lowest BCUT2D eigenvalue weighted by Crippen LogP contribution is -2.00. The molecule has 0 aliphatic rings. The molecule has 0 atom stereocenters. The predicted molar refractivity (Wildman–Crippen MR) is 127 cm³/mol. The van der Waals surface area contributed by atoms with E-state index < -0.39 is 0 Å². The zero-order valence-electron chi connectivity index (χ0n) is 18.2. The van der Waals surface area contributed by atoms with Crippen molar-refractivity contribution >= 4 is 11.8 Å².